The predicted molar refractivity (Wildman–Crippen MR) is 97.7 cm³/mol. The van der Waals surface area contributed by atoms with E-state index in [2.05, 4.69) is 11.2 Å². The number of amides is 1. The summed E-state index contributed by atoms with van der Waals surface area (Å²) in [6.45, 7) is 0. The van der Waals surface area contributed by atoms with Gasteiger partial charge in [-0.05, 0) is 24.6 Å². The molecule has 1 aliphatic rings. The molecule has 1 amide bonds. The van der Waals surface area contributed by atoms with Gasteiger partial charge >= 0.3 is 5.97 Å². The molecule has 5 N–H and O–H groups in total. The molecule has 1 fully saturated rings. The van der Waals surface area contributed by atoms with E-state index in [0.717, 1.165) is 12.1 Å². The van der Waals surface area contributed by atoms with E-state index < -0.39 is 60.3 Å². The van der Waals surface area contributed by atoms with E-state index in [9.17, 15) is 33.7 Å². The van der Waals surface area contributed by atoms with Crippen molar-refractivity contribution < 1.29 is 48.3 Å². The molecular weight excluding hydrogens is 408 g/mol. The van der Waals surface area contributed by atoms with Crippen molar-refractivity contribution in [2.24, 2.45) is 0 Å². The van der Waals surface area contributed by atoms with Gasteiger partial charge in [0.1, 0.15) is 24.1 Å². The first-order chi connectivity index (χ1) is 14.1. The standard InChI is InChI=1S/C19H21F2NO8/c1-2-3-4-5-12(23)22-9-6-7-11(10(8-9)17(20)21)29-19-15(26)13(24)14(25)16(30-19)18(27)28/h1,6-8,13-17,19,24-26H,3-5H2,(H,22,23)(H,27,28). The predicted octanol–water partition coefficient (Wildman–Crippen LogP) is 0.637. The van der Waals surface area contributed by atoms with E-state index in [0.29, 0.717) is 12.8 Å². The molecular formula is C19H21F2NO8. The second kappa shape index (κ2) is 10.3. The second-order valence-corrected chi connectivity index (χ2v) is 6.51. The molecule has 5 atom stereocenters. The van der Waals surface area contributed by atoms with E-state index in [1.54, 1.807) is 0 Å². The van der Waals surface area contributed by atoms with Crippen LogP contribution in [-0.4, -0.2) is 63.0 Å². The van der Waals surface area contributed by atoms with Crippen molar-refractivity contribution >= 4 is 17.6 Å². The molecule has 2 rings (SSSR count). The molecule has 0 spiro atoms. The van der Waals surface area contributed by atoms with E-state index in [-0.39, 0.29) is 12.1 Å². The topological polar surface area (TPSA) is 146 Å². The van der Waals surface area contributed by atoms with Crippen LogP contribution in [0.1, 0.15) is 31.3 Å². The van der Waals surface area contributed by atoms with Crippen molar-refractivity contribution in [1.82, 2.24) is 0 Å². The fraction of sp³-hybridized carbons (Fsp3) is 0.474. The summed E-state index contributed by atoms with van der Waals surface area (Å²) in [4.78, 5) is 22.9. The summed E-state index contributed by atoms with van der Waals surface area (Å²) in [5.74, 6) is -0.151. The van der Waals surface area contributed by atoms with Crippen LogP contribution >= 0.6 is 0 Å². The highest BCUT2D eigenvalue weighted by molar-refractivity contribution is 5.90. The summed E-state index contributed by atoms with van der Waals surface area (Å²) < 4.78 is 37.1. The number of carboxylic acid groups (broad SMARTS) is 1. The largest absolute Gasteiger partial charge is 0.479 e. The zero-order chi connectivity index (χ0) is 22.4. The van der Waals surface area contributed by atoms with Crippen LogP contribution < -0.4 is 10.1 Å². The molecule has 0 aliphatic carbocycles. The van der Waals surface area contributed by atoms with Gasteiger partial charge in [0.15, 0.2) is 6.10 Å². The van der Waals surface area contributed by atoms with Crippen molar-refractivity contribution in [3.05, 3.63) is 23.8 Å². The highest BCUT2D eigenvalue weighted by atomic mass is 19.3. The molecule has 1 aromatic rings. The average Bonchev–Trinajstić information content (AvgIpc) is 2.69. The number of ether oxygens (including phenoxy) is 2. The minimum Gasteiger partial charge on any atom is -0.479 e. The number of aliphatic hydroxyl groups is 3. The number of aliphatic carboxylic acids is 1. The summed E-state index contributed by atoms with van der Waals surface area (Å²) in [6.07, 6.45) is -6.60. The van der Waals surface area contributed by atoms with Crippen molar-refractivity contribution in [2.75, 3.05) is 5.32 Å². The normalized spacial score (nSPS) is 26.1. The fourth-order valence-electron chi connectivity index (χ4n) is 2.75. The quantitative estimate of drug-likeness (QED) is 0.299. The number of carbonyl (C=O) groups is 2. The van der Waals surface area contributed by atoms with Gasteiger partial charge in [-0.25, -0.2) is 13.6 Å². The molecule has 11 heteroatoms. The van der Waals surface area contributed by atoms with Crippen LogP contribution in [-0.2, 0) is 14.3 Å². The van der Waals surface area contributed by atoms with Crippen molar-refractivity contribution in [3.8, 4) is 18.1 Å². The van der Waals surface area contributed by atoms with Crippen molar-refractivity contribution in [3.63, 3.8) is 0 Å². The van der Waals surface area contributed by atoms with Crippen molar-refractivity contribution in [2.45, 2.75) is 56.4 Å². The van der Waals surface area contributed by atoms with Crippen molar-refractivity contribution in [1.29, 1.82) is 0 Å². The Labute approximate surface area is 170 Å². The SMILES string of the molecule is C#CCCCC(=O)Nc1ccc(OC2OC(C(=O)O)C(O)C(O)C2O)c(C(F)F)c1. The number of benzene rings is 1. The Morgan fingerprint density at radius 2 is 1.93 bits per heavy atom. The first-order valence-corrected chi connectivity index (χ1v) is 8.90. The maximum Gasteiger partial charge on any atom is 0.335 e. The van der Waals surface area contributed by atoms with Crippen LogP contribution in [0, 0.1) is 12.3 Å². The number of carboxylic acids is 1. The number of unbranched alkanes of at least 4 members (excludes halogenated alkanes) is 1. The van der Waals surface area contributed by atoms with E-state index in [1.807, 2.05) is 0 Å². The monoisotopic (exact) mass is 429 g/mol. The summed E-state index contributed by atoms with van der Waals surface area (Å²) in [6, 6.07) is 3.28. The molecule has 164 valence electrons. The Morgan fingerprint density at radius 3 is 2.53 bits per heavy atom. The van der Waals surface area contributed by atoms with Crippen LogP contribution in [0.2, 0.25) is 0 Å². The third kappa shape index (κ3) is 5.64. The first kappa shape index (κ1) is 23.5. The lowest BCUT2D eigenvalue weighted by Gasteiger charge is -2.38. The van der Waals surface area contributed by atoms with Gasteiger partial charge in [0.2, 0.25) is 12.2 Å². The van der Waals surface area contributed by atoms with Crippen LogP contribution in [0.5, 0.6) is 5.75 Å². The lowest BCUT2D eigenvalue weighted by atomic mass is 9.99. The van der Waals surface area contributed by atoms with Crippen LogP contribution in [0.4, 0.5) is 14.5 Å². The van der Waals surface area contributed by atoms with Gasteiger partial charge in [-0.2, -0.15) is 0 Å². The summed E-state index contributed by atoms with van der Waals surface area (Å²) in [5.41, 5.74) is -0.605. The van der Waals surface area contributed by atoms with E-state index in [4.69, 9.17) is 21.0 Å². The van der Waals surface area contributed by atoms with Gasteiger partial charge < -0.3 is 35.2 Å². The third-order valence-corrected chi connectivity index (χ3v) is 4.31. The lowest BCUT2D eigenvalue weighted by molar-refractivity contribution is -0.271. The molecule has 1 heterocycles. The Bertz CT molecular complexity index is 812. The summed E-state index contributed by atoms with van der Waals surface area (Å²) in [7, 11) is 0. The molecule has 1 aromatic carbocycles. The smallest absolute Gasteiger partial charge is 0.335 e. The molecule has 9 nitrogen and oxygen atoms in total. The van der Waals surface area contributed by atoms with Crippen LogP contribution in [0.25, 0.3) is 0 Å². The molecule has 1 saturated heterocycles. The first-order valence-electron chi connectivity index (χ1n) is 8.90. The zero-order valence-electron chi connectivity index (χ0n) is 15.6. The highest BCUT2D eigenvalue weighted by Crippen LogP contribution is 2.34. The Hall–Kier alpha value is -2.78. The summed E-state index contributed by atoms with van der Waals surface area (Å²) >= 11 is 0. The second-order valence-electron chi connectivity index (χ2n) is 6.51. The number of hydrogen-bond acceptors (Lipinski definition) is 7. The number of halogens is 2. The maximum atomic E-state index is 13.5. The number of alkyl halides is 2. The number of hydrogen-bond donors (Lipinski definition) is 5. The lowest BCUT2D eigenvalue weighted by Crippen LogP contribution is -2.61. The van der Waals surface area contributed by atoms with Gasteiger partial charge in [-0.3, -0.25) is 4.79 Å². The molecule has 5 unspecified atom stereocenters. The highest BCUT2D eigenvalue weighted by Gasteiger charge is 2.48. The molecule has 1 aliphatic heterocycles. The number of anilines is 1. The number of nitrogens with one attached hydrogen (secondary N) is 1. The minimum atomic E-state index is -3.05. The third-order valence-electron chi connectivity index (χ3n) is 4.31. The van der Waals surface area contributed by atoms with Crippen LogP contribution in [0.15, 0.2) is 18.2 Å². The zero-order valence-corrected chi connectivity index (χ0v) is 15.6. The number of rotatable bonds is 8. The number of terminal acetylenes is 1. The van der Waals surface area contributed by atoms with Gasteiger partial charge in [0.05, 0.1) is 5.56 Å². The van der Waals surface area contributed by atoms with Crippen LogP contribution in [0.3, 0.4) is 0 Å². The van der Waals surface area contributed by atoms with Gasteiger partial charge in [0.25, 0.3) is 6.43 Å². The molecule has 0 saturated carbocycles. The Kier molecular flexibility index (Phi) is 8.08. The minimum absolute atomic E-state index is 0.0624. The summed E-state index contributed by atoms with van der Waals surface area (Å²) in [5, 5.41) is 40.9. The number of aliphatic hydroxyl groups excluding tert-OH is 3. The Morgan fingerprint density at radius 1 is 1.23 bits per heavy atom. The molecule has 30 heavy (non-hydrogen) atoms. The van der Waals surface area contributed by atoms with Gasteiger partial charge in [-0.1, -0.05) is 0 Å². The Balaban J connectivity index is 2.18. The molecule has 0 bridgehead atoms. The van der Waals surface area contributed by atoms with E-state index in [1.165, 1.54) is 6.07 Å². The number of carbonyl (C=O) groups excluding carboxylic acids is 1. The fourth-order valence-corrected chi connectivity index (χ4v) is 2.75. The molecule has 0 aromatic heterocycles. The maximum absolute atomic E-state index is 13.5. The van der Waals surface area contributed by atoms with Gasteiger partial charge in [0, 0.05) is 18.5 Å². The van der Waals surface area contributed by atoms with E-state index >= 15 is 0 Å². The van der Waals surface area contributed by atoms with Gasteiger partial charge in [-0.15, -0.1) is 12.3 Å². The molecule has 0 radical (unpaired) electrons. The average molecular weight is 429 g/mol.